The number of ether oxygens (including phenoxy) is 1. The maximum absolute atomic E-state index is 14.4. The number of amides is 1. The quantitative estimate of drug-likeness (QED) is 0.617. The Morgan fingerprint density at radius 3 is 2.61 bits per heavy atom. The molecule has 1 aliphatic heterocycles. The van der Waals surface area contributed by atoms with Crippen molar-refractivity contribution in [3.8, 4) is 0 Å². The van der Waals surface area contributed by atoms with Crippen LogP contribution in [-0.2, 0) is 20.7 Å². The Kier molecular flexibility index (Phi) is 7.83. The second kappa shape index (κ2) is 10.5. The van der Waals surface area contributed by atoms with Crippen LogP contribution in [0.4, 0.5) is 8.78 Å². The van der Waals surface area contributed by atoms with Gasteiger partial charge < -0.3 is 9.64 Å². The van der Waals surface area contributed by atoms with E-state index in [4.69, 9.17) is 4.74 Å². The Bertz CT molecular complexity index is 859. The third kappa shape index (κ3) is 6.18. The van der Waals surface area contributed by atoms with Crippen molar-refractivity contribution in [3.63, 3.8) is 0 Å². The van der Waals surface area contributed by atoms with Gasteiger partial charge in [0.15, 0.2) is 16.8 Å². The zero-order valence-corrected chi connectivity index (χ0v) is 20.3. The van der Waals surface area contributed by atoms with Gasteiger partial charge in [0.2, 0.25) is 0 Å². The molecule has 0 radical (unpaired) electrons. The first-order valence-electron chi connectivity index (χ1n) is 12.0. The van der Waals surface area contributed by atoms with E-state index in [0.29, 0.717) is 44.9 Å². The van der Waals surface area contributed by atoms with Crippen molar-refractivity contribution in [2.45, 2.75) is 68.7 Å². The van der Waals surface area contributed by atoms with Crippen molar-refractivity contribution < 1.29 is 22.5 Å². The first-order valence-corrected chi connectivity index (χ1v) is 13.1. The number of nitrogens with zero attached hydrogens (tertiary/aromatic N) is 2. The molecule has 0 spiro atoms. The molecule has 2 aliphatic carbocycles. The number of hydrogen-bond donors (Lipinski definition) is 1. The third-order valence-corrected chi connectivity index (χ3v) is 8.39. The summed E-state index contributed by atoms with van der Waals surface area (Å²) >= 11 is -1.33. The lowest BCUT2D eigenvalue weighted by atomic mass is 9.82. The molecule has 4 rings (SSSR count). The molecular weight excluding hydrogens is 448 g/mol. The molecule has 184 valence electrons. The number of benzene rings is 1. The van der Waals surface area contributed by atoms with Crippen LogP contribution in [0.25, 0.3) is 0 Å². The lowest BCUT2D eigenvalue weighted by Gasteiger charge is -2.40. The van der Waals surface area contributed by atoms with Gasteiger partial charge in [-0.15, -0.1) is 0 Å². The van der Waals surface area contributed by atoms with Gasteiger partial charge in [-0.05, 0) is 68.6 Å². The summed E-state index contributed by atoms with van der Waals surface area (Å²) in [6, 6.07) is 6.77. The zero-order chi connectivity index (χ0) is 23.6. The molecule has 9 heteroatoms. The van der Waals surface area contributed by atoms with Crippen LogP contribution >= 0.6 is 0 Å². The number of alkyl halides is 1. The van der Waals surface area contributed by atoms with Crippen molar-refractivity contribution >= 4 is 17.1 Å². The van der Waals surface area contributed by atoms with Gasteiger partial charge in [-0.2, -0.15) is 0 Å². The molecule has 6 nitrogen and oxygen atoms in total. The number of carbonyl (C=O) groups is 1. The summed E-state index contributed by atoms with van der Waals surface area (Å²) in [6.45, 7) is 1.30. The van der Waals surface area contributed by atoms with Crippen LogP contribution in [0.5, 0.6) is 0 Å². The molecule has 3 unspecified atom stereocenters. The fraction of sp³-hybridized carbons (Fsp3) is 0.708. The summed E-state index contributed by atoms with van der Waals surface area (Å²) in [6.07, 6.45) is 5.02. The summed E-state index contributed by atoms with van der Waals surface area (Å²) in [5, 5.41) is 0. The molecule has 3 aliphatic rings. The Balaban J connectivity index is 1.32. The Morgan fingerprint density at radius 2 is 1.97 bits per heavy atom. The van der Waals surface area contributed by atoms with Gasteiger partial charge >= 0.3 is 0 Å². The molecule has 33 heavy (non-hydrogen) atoms. The molecule has 0 bridgehead atoms. The standard InChI is InChI=1S/C24H35F2N3O3S/c1-28(2)33(31)27-22-10-13-29(23(30)24(26)11-12-24)15-19(22)16-32-21-8-6-17(7-9-21)18-4-3-5-20(25)14-18/h3-5,14,17,19,21-22,27H,6-13,15-16H2,1-2H3. The van der Waals surface area contributed by atoms with Crippen LogP contribution in [0, 0.1) is 11.7 Å². The number of likely N-dealkylation sites (tertiary alicyclic amines) is 1. The number of nitrogens with one attached hydrogen (secondary N) is 1. The fourth-order valence-corrected chi connectivity index (χ4v) is 5.75. The molecule has 1 aromatic carbocycles. The molecule has 1 heterocycles. The van der Waals surface area contributed by atoms with E-state index < -0.39 is 22.7 Å². The van der Waals surface area contributed by atoms with E-state index in [1.54, 1.807) is 35.4 Å². The first-order chi connectivity index (χ1) is 15.7. The number of rotatable bonds is 8. The van der Waals surface area contributed by atoms with E-state index in [9.17, 15) is 17.8 Å². The van der Waals surface area contributed by atoms with Gasteiger partial charge in [0.1, 0.15) is 5.82 Å². The molecule has 0 aromatic heterocycles. The second-order valence-electron chi connectivity index (χ2n) is 9.91. The maximum Gasteiger partial charge on any atom is 0.260 e. The van der Waals surface area contributed by atoms with E-state index in [-0.39, 0.29) is 23.9 Å². The van der Waals surface area contributed by atoms with Crippen LogP contribution in [-0.4, -0.2) is 70.9 Å². The molecule has 2 saturated carbocycles. The first kappa shape index (κ1) is 24.7. The van der Waals surface area contributed by atoms with Crippen LogP contribution in [0.2, 0.25) is 0 Å². The van der Waals surface area contributed by atoms with Gasteiger partial charge in [0.25, 0.3) is 5.91 Å². The van der Waals surface area contributed by atoms with Crippen molar-refractivity contribution in [1.82, 2.24) is 13.9 Å². The predicted octanol–water partition coefficient (Wildman–Crippen LogP) is 3.32. The highest BCUT2D eigenvalue weighted by atomic mass is 32.2. The molecule has 3 atom stereocenters. The maximum atomic E-state index is 14.4. The Labute approximate surface area is 197 Å². The Hall–Kier alpha value is -1.42. The highest BCUT2D eigenvalue weighted by Gasteiger charge is 2.53. The fourth-order valence-electron chi connectivity index (χ4n) is 4.97. The van der Waals surface area contributed by atoms with Crippen LogP contribution < -0.4 is 4.72 Å². The van der Waals surface area contributed by atoms with Gasteiger partial charge in [0.05, 0.1) is 12.7 Å². The number of piperidine rings is 1. The average molecular weight is 484 g/mol. The molecule has 1 N–H and O–H groups in total. The zero-order valence-electron chi connectivity index (χ0n) is 19.5. The number of carbonyl (C=O) groups excluding carboxylic acids is 1. The molecule has 1 amide bonds. The van der Waals surface area contributed by atoms with E-state index in [2.05, 4.69) is 4.72 Å². The smallest absolute Gasteiger partial charge is 0.260 e. The Morgan fingerprint density at radius 1 is 1.24 bits per heavy atom. The summed E-state index contributed by atoms with van der Waals surface area (Å²) < 4.78 is 51.3. The minimum Gasteiger partial charge on any atom is -0.378 e. The van der Waals surface area contributed by atoms with Crippen molar-refractivity contribution in [2.24, 2.45) is 5.92 Å². The van der Waals surface area contributed by atoms with Gasteiger partial charge in [-0.1, -0.05) is 12.1 Å². The van der Waals surface area contributed by atoms with Gasteiger partial charge in [0, 0.05) is 39.1 Å². The third-order valence-electron chi connectivity index (χ3n) is 7.22. The summed E-state index contributed by atoms with van der Waals surface area (Å²) in [5.41, 5.74) is -0.626. The topological polar surface area (TPSA) is 61.9 Å². The second-order valence-corrected chi connectivity index (χ2v) is 11.4. The average Bonchev–Trinajstić information content (AvgIpc) is 3.56. The predicted molar refractivity (Wildman–Crippen MR) is 124 cm³/mol. The van der Waals surface area contributed by atoms with Crippen LogP contribution in [0.1, 0.15) is 56.4 Å². The molecule has 3 fully saturated rings. The van der Waals surface area contributed by atoms with Crippen molar-refractivity contribution in [2.75, 3.05) is 33.8 Å². The van der Waals surface area contributed by atoms with E-state index in [0.717, 1.165) is 31.2 Å². The van der Waals surface area contributed by atoms with Gasteiger partial charge in [-0.3, -0.25) is 4.79 Å². The van der Waals surface area contributed by atoms with Crippen molar-refractivity contribution in [1.29, 1.82) is 0 Å². The van der Waals surface area contributed by atoms with Crippen molar-refractivity contribution in [3.05, 3.63) is 35.6 Å². The number of hydrogen-bond acceptors (Lipinski definition) is 3. The minimum absolute atomic E-state index is 0.0603. The minimum atomic E-state index is -1.67. The lowest BCUT2D eigenvalue weighted by Crippen LogP contribution is -2.55. The highest BCUT2D eigenvalue weighted by molar-refractivity contribution is 7.80. The van der Waals surface area contributed by atoms with E-state index in [1.165, 1.54) is 6.07 Å². The van der Waals surface area contributed by atoms with Crippen LogP contribution in [0.3, 0.4) is 0 Å². The summed E-state index contributed by atoms with van der Waals surface area (Å²) in [7, 11) is 3.48. The summed E-state index contributed by atoms with van der Waals surface area (Å²) in [4.78, 5) is 14.2. The molecule has 1 aromatic rings. The van der Waals surface area contributed by atoms with E-state index >= 15 is 0 Å². The monoisotopic (exact) mass is 483 g/mol. The molecule has 1 saturated heterocycles. The number of halogens is 2. The lowest BCUT2D eigenvalue weighted by molar-refractivity contribution is -0.141. The normalized spacial score (nSPS) is 30.3. The SMILES string of the molecule is CN(C)S(=O)NC1CCN(C(=O)C2(F)CC2)CC1COC1CCC(c2cccc(F)c2)CC1. The molecular formula is C24H35F2N3O3S. The largest absolute Gasteiger partial charge is 0.378 e. The highest BCUT2D eigenvalue weighted by Crippen LogP contribution is 2.42. The summed E-state index contributed by atoms with van der Waals surface area (Å²) in [5.74, 6) is -0.318. The van der Waals surface area contributed by atoms with Gasteiger partial charge in [-0.25, -0.2) is 22.0 Å². The van der Waals surface area contributed by atoms with Crippen LogP contribution in [0.15, 0.2) is 24.3 Å². The van der Waals surface area contributed by atoms with E-state index in [1.807, 2.05) is 6.07 Å².